The van der Waals surface area contributed by atoms with Crippen LogP contribution in [0, 0.1) is 25.5 Å². The predicted octanol–water partition coefficient (Wildman–Crippen LogP) is 4.70. The molecule has 0 bridgehead atoms. The lowest BCUT2D eigenvalue weighted by Gasteiger charge is -2.15. The van der Waals surface area contributed by atoms with Crippen LogP contribution in [0.3, 0.4) is 0 Å². The predicted molar refractivity (Wildman–Crippen MR) is 136 cm³/mol. The van der Waals surface area contributed by atoms with Gasteiger partial charge in [-0.15, -0.1) is 0 Å². The van der Waals surface area contributed by atoms with Crippen LogP contribution in [0.4, 0.5) is 8.78 Å². The first-order valence-electron chi connectivity index (χ1n) is 12.2. The fourth-order valence-electron chi connectivity index (χ4n) is 4.25. The average Bonchev–Trinajstić information content (AvgIpc) is 3.22. The van der Waals surface area contributed by atoms with Crippen LogP contribution in [0.2, 0.25) is 0 Å². The third-order valence-corrected chi connectivity index (χ3v) is 6.08. The smallest absolute Gasteiger partial charge is 0.356 e. The van der Waals surface area contributed by atoms with Gasteiger partial charge in [-0.3, -0.25) is 9.20 Å². The van der Waals surface area contributed by atoms with Gasteiger partial charge in [0.05, 0.1) is 17.9 Å². The molecule has 0 amide bonds. The molecule has 0 radical (unpaired) electrons. The summed E-state index contributed by atoms with van der Waals surface area (Å²) in [6.07, 6.45) is 1.77. The Morgan fingerprint density at radius 1 is 1.08 bits per heavy atom. The van der Waals surface area contributed by atoms with Crippen molar-refractivity contribution < 1.29 is 27.8 Å². The van der Waals surface area contributed by atoms with E-state index in [0.717, 1.165) is 17.7 Å². The van der Waals surface area contributed by atoms with Crippen molar-refractivity contribution in [1.82, 2.24) is 14.4 Å². The van der Waals surface area contributed by atoms with Gasteiger partial charge in [-0.25, -0.2) is 23.5 Å². The third kappa shape index (κ3) is 5.55. The highest BCUT2D eigenvalue weighted by atomic mass is 19.1. The van der Waals surface area contributed by atoms with Gasteiger partial charge < -0.3 is 15.2 Å². The van der Waals surface area contributed by atoms with Gasteiger partial charge >= 0.3 is 5.97 Å². The number of halogens is 2. The first-order chi connectivity index (χ1) is 18.2. The summed E-state index contributed by atoms with van der Waals surface area (Å²) in [6.45, 7) is 5.22. The first kappa shape index (κ1) is 26.9. The molecule has 1 unspecified atom stereocenters. The zero-order chi connectivity index (χ0) is 27.4. The molecule has 4 rings (SSSR count). The maximum atomic E-state index is 14.1. The monoisotopic (exact) mass is 522 g/mol. The zero-order valence-corrected chi connectivity index (χ0v) is 21.3. The average molecular weight is 523 g/mol. The molecule has 0 saturated heterocycles. The van der Waals surface area contributed by atoms with Gasteiger partial charge in [0.1, 0.15) is 29.6 Å². The van der Waals surface area contributed by atoms with Gasteiger partial charge in [0.25, 0.3) is 0 Å². The fraction of sp³-hybridized carbons (Fsp3) is 0.286. The number of carbonyl (C=O) groups is 2. The minimum Gasteiger partial charge on any atom is -0.485 e. The number of pyridine rings is 2. The molecule has 2 N–H and O–H groups in total. The number of nitrogens with zero attached hydrogens (tertiary/aromatic N) is 3. The molecule has 0 aliphatic heterocycles. The number of imidazole rings is 1. The Balaban J connectivity index is 1.62. The van der Waals surface area contributed by atoms with E-state index in [4.69, 9.17) is 15.2 Å². The molecule has 3 aromatic heterocycles. The number of Topliss-reactive ketones (excluding diaryl/α,β-unsaturated/α-hetero) is 1. The largest absolute Gasteiger partial charge is 0.485 e. The van der Waals surface area contributed by atoms with E-state index in [9.17, 15) is 18.4 Å². The lowest BCUT2D eigenvalue weighted by molar-refractivity contribution is 0.0519. The SMILES string of the molecule is CCOC(=O)c1cccc(C(CN)CC(=O)c2c(C)nc3c(OCc4c(F)cccc4F)cc(C)cn23)n1. The molecule has 198 valence electrons. The van der Waals surface area contributed by atoms with E-state index in [2.05, 4.69) is 9.97 Å². The Hall–Kier alpha value is -4.18. The van der Waals surface area contributed by atoms with E-state index in [1.54, 1.807) is 48.7 Å². The molecule has 0 saturated carbocycles. The minimum absolute atomic E-state index is 0.0228. The van der Waals surface area contributed by atoms with E-state index in [1.807, 2.05) is 6.92 Å². The molecule has 3 heterocycles. The van der Waals surface area contributed by atoms with Gasteiger partial charge in [0.2, 0.25) is 0 Å². The number of ketones is 1. The van der Waals surface area contributed by atoms with Crippen LogP contribution in [0.25, 0.3) is 5.65 Å². The van der Waals surface area contributed by atoms with Crippen LogP contribution in [-0.4, -0.2) is 39.3 Å². The Labute approximate surface area is 218 Å². The summed E-state index contributed by atoms with van der Waals surface area (Å²) >= 11 is 0. The molecule has 0 spiro atoms. The van der Waals surface area contributed by atoms with Crippen molar-refractivity contribution in [3.8, 4) is 5.75 Å². The highest BCUT2D eigenvalue weighted by molar-refractivity contribution is 5.97. The summed E-state index contributed by atoms with van der Waals surface area (Å²) in [5.41, 5.74) is 8.35. The van der Waals surface area contributed by atoms with Gasteiger partial charge in [-0.05, 0) is 56.7 Å². The second-order valence-corrected chi connectivity index (χ2v) is 8.84. The summed E-state index contributed by atoms with van der Waals surface area (Å²) in [6, 6.07) is 10.2. The number of rotatable bonds is 10. The number of carbonyl (C=O) groups excluding carboxylic acids is 2. The number of nitrogens with two attached hydrogens (primary N) is 1. The van der Waals surface area contributed by atoms with Gasteiger partial charge in [0.15, 0.2) is 17.2 Å². The lowest BCUT2D eigenvalue weighted by atomic mass is 9.96. The van der Waals surface area contributed by atoms with Crippen molar-refractivity contribution in [1.29, 1.82) is 0 Å². The Morgan fingerprint density at radius 3 is 2.47 bits per heavy atom. The van der Waals surface area contributed by atoms with Crippen molar-refractivity contribution in [2.24, 2.45) is 5.73 Å². The molecule has 0 fully saturated rings. The number of hydrogen-bond acceptors (Lipinski definition) is 7. The molecule has 4 aromatic rings. The van der Waals surface area contributed by atoms with Crippen molar-refractivity contribution in [2.45, 2.75) is 39.7 Å². The lowest BCUT2D eigenvalue weighted by Crippen LogP contribution is -2.20. The van der Waals surface area contributed by atoms with E-state index in [1.165, 1.54) is 6.07 Å². The van der Waals surface area contributed by atoms with Crippen molar-refractivity contribution >= 4 is 17.4 Å². The standard InChI is InChI=1S/C28H28F2N4O4/c1-4-37-28(36)23-10-6-9-22(33-23)18(13-31)12-24(35)26-17(3)32-27-25(11-16(2)14-34(26)27)38-15-19-20(29)7-5-8-21(19)30/h5-11,14,18H,4,12-13,15,31H2,1-3H3. The number of hydrogen-bond donors (Lipinski definition) is 1. The van der Waals surface area contributed by atoms with Crippen LogP contribution in [-0.2, 0) is 11.3 Å². The highest BCUT2D eigenvalue weighted by Gasteiger charge is 2.24. The van der Waals surface area contributed by atoms with E-state index >= 15 is 0 Å². The number of ether oxygens (including phenoxy) is 2. The highest BCUT2D eigenvalue weighted by Crippen LogP contribution is 2.28. The van der Waals surface area contributed by atoms with E-state index in [-0.39, 0.29) is 49.0 Å². The van der Waals surface area contributed by atoms with Crippen LogP contribution in [0.1, 0.15) is 62.8 Å². The maximum Gasteiger partial charge on any atom is 0.356 e. The normalized spacial score (nSPS) is 11.9. The van der Waals surface area contributed by atoms with E-state index < -0.39 is 23.5 Å². The van der Waals surface area contributed by atoms with Crippen LogP contribution in [0.15, 0.2) is 48.7 Å². The zero-order valence-electron chi connectivity index (χ0n) is 21.3. The maximum absolute atomic E-state index is 14.1. The Morgan fingerprint density at radius 2 is 1.79 bits per heavy atom. The van der Waals surface area contributed by atoms with E-state index in [0.29, 0.717) is 22.7 Å². The fourth-order valence-corrected chi connectivity index (χ4v) is 4.25. The van der Waals surface area contributed by atoms with Gasteiger partial charge in [-0.1, -0.05) is 12.1 Å². The van der Waals surface area contributed by atoms with Crippen LogP contribution in [0.5, 0.6) is 5.75 Å². The quantitative estimate of drug-likeness (QED) is 0.238. The summed E-state index contributed by atoms with van der Waals surface area (Å²) in [5, 5.41) is 0. The Kier molecular flexibility index (Phi) is 8.11. The van der Waals surface area contributed by atoms with Crippen molar-refractivity contribution in [3.05, 3.63) is 94.2 Å². The second-order valence-electron chi connectivity index (χ2n) is 8.84. The van der Waals surface area contributed by atoms with Crippen LogP contribution < -0.4 is 10.5 Å². The summed E-state index contributed by atoms with van der Waals surface area (Å²) in [7, 11) is 0. The van der Waals surface area contributed by atoms with Crippen LogP contribution >= 0.6 is 0 Å². The summed E-state index contributed by atoms with van der Waals surface area (Å²) in [4.78, 5) is 34.5. The molecule has 0 aliphatic carbocycles. The molecule has 1 atom stereocenters. The molecule has 38 heavy (non-hydrogen) atoms. The topological polar surface area (TPSA) is 109 Å². The molecular formula is C28H28F2N4O4. The summed E-state index contributed by atoms with van der Waals surface area (Å²) < 4.78 is 40.6. The summed E-state index contributed by atoms with van der Waals surface area (Å²) in [5.74, 6) is -2.37. The third-order valence-electron chi connectivity index (χ3n) is 6.08. The Bertz CT molecular complexity index is 1480. The number of aryl methyl sites for hydroxylation is 2. The molecular weight excluding hydrogens is 494 g/mol. The van der Waals surface area contributed by atoms with Crippen molar-refractivity contribution in [3.63, 3.8) is 0 Å². The molecule has 8 nitrogen and oxygen atoms in total. The first-order valence-corrected chi connectivity index (χ1v) is 12.2. The molecule has 10 heteroatoms. The van der Waals surface area contributed by atoms with Gasteiger partial charge in [-0.2, -0.15) is 0 Å². The number of aromatic nitrogens is 3. The van der Waals surface area contributed by atoms with Gasteiger partial charge in [0, 0.05) is 30.8 Å². The molecule has 1 aromatic carbocycles. The minimum atomic E-state index is -0.711. The number of benzene rings is 1. The van der Waals surface area contributed by atoms with Crippen molar-refractivity contribution in [2.75, 3.05) is 13.2 Å². The second kappa shape index (κ2) is 11.5. The number of fused-ring (bicyclic) bond motifs is 1. The molecule has 0 aliphatic rings. The number of esters is 1.